The summed E-state index contributed by atoms with van der Waals surface area (Å²) in [5.41, 5.74) is 6.72. The number of nitrogens with zero attached hydrogens (tertiary/aromatic N) is 3. The van der Waals surface area contributed by atoms with Crippen LogP contribution in [0.25, 0.3) is 0 Å². The minimum atomic E-state index is -0.399. The number of benzene rings is 1. The lowest BCUT2D eigenvalue weighted by molar-refractivity contribution is -0.384. The predicted molar refractivity (Wildman–Crippen MR) is 81.7 cm³/mol. The third-order valence-electron chi connectivity index (χ3n) is 3.57. The van der Waals surface area contributed by atoms with E-state index >= 15 is 0 Å². The second-order valence-corrected chi connectivity index (χ2v) is 5.47. The Bertz CT molecular complexity index is 515. The Hall–Kier alpha value is -1.57. The van der Waals surface area contributed by atoms with Crippen LogP contribution in [0.5, 0.6) is 0 Å². The molecule has 20 heavy (non-hydrogen) atoms. The number of nitro groups is 1. The van der Waals surface area contributed by atoms with Gasteiger partial charge in [-0.3, -0.25) is 15.0 Å². The Kier molecular flexibility index (Phi) is 4.64. The van der Waals surface area contributed by atoms with Gasteiger partial charge in [-0.2, -0.15) is 0 Å². The van der Waals surface area contributed by atoms with Crippen molar-refractivity contribution in [1.82, 2.24) is 9.80 Å². The van der Waals surface area contributed by atoms with Crippen LogP contribution in [0.15, 0.2) is 24.3 Å². The van der Waals surface area contributed by atoms with E-state index in [-0.39, 0.29) is 11.7 Å². The lowest BCUT2D eigenvalue weighted by Crippen LogP contribution is -2.48. The van der Waals surface area contributed by atoms with Crippen molar-refractivity contribution in [1.29, 1.82) is 0 Å². The van der Waals surface area contributed by atoms with Gasteiger partial charge in [-0.05, 0) is 12.6 Å². The zero-order valence-electron chi connectivity index (χ0n) is 11.4. The SMILES string of the molecule is CN1CCN(C(C(N)=S)c2cccc([N+](=O)[O-])c2)CC1. The van der Waals surface area contributed by atoms with Crippen LogP contribution in [0.2, 0.25) is 0 Å². The summed E-state index contributed by atoms with van der Waals surface area (Å²) < 4.78 is 0. The predicted octanol–water partition coefficient (Wildman–Crippen LogP) is 1.17. The average molecular weight is 294 g/mol. The molecule has 0 aliphatic carbocycles. The molecule has 6 nitrogen and oxygen atoms in total. The minimum absolute atomic E-state index is 0.0675. The molecule has 1 atom stereocenters. The summed E-state index contributed by atoms with van der Waals surface area (Å²) in [6.45, 7) is 3.57. The van der Waals surface area contributed by atoms with Gasteiger partial charge in [-0.1, -0.05) is 24.4 Å². The van der Waals surface area contributed by atoms with E-state index in [9.17, 15) is 10.1 Å². The van der Waals surface area contributed by atoms with E-state index in [0.717, 1.165) is 31.7 Å². The van der Waals surface area contributed by atoms with Crippen LogP contribution in [0.1, 0.15) is 11.6 Å². The van der Waals surface area contributed by atoms with Crippen molar-refractivity contribution in [2.45, 2.75) is 6.04 Å². The van der Waals surface area contributed by atoms with Crippen LogP contribution in [-0.4, -0.2) is 52.9 Å². The largest absolute Gasteiger partial charge is 0.392 e. The minimum Gasteiger partial charge on any atom is -0.392 e. The number of thiocarbonyl (C=S) groups is 1. The van der Waals surface area contributed by atoms with E-state index in [2.05, 4.69) is 16.8 Å². The van der Waals surface area contributed by atoms with Gasteiger partial charge in [0.1, 0.15) is 0 Å². The fourth-order valence-corrected chi connectivity index (χ4v) is 2.73. The molecule has 108 valence electrons. The summed E-state index contributed by atoms with van der Waals surface area (Å²) in [6, 6.07) is 6.31. The van der Waals surface area contributed by atoms with Crippen molar-refractivity contribution in [3.05, 3.63) is 39.9 Å². The highest BCUT2D eigenvalue weighted by molar-refractivity contribution is 7.80. The Labute approximate surface area is 123 Å². The van der Waals surface area contributed by atoms with Gasteiger partial charge in [0, 0.05) is 38.3 Å². The van der Waals surface area contributed by atoms with Crippen LogP contribution in [-0.2, 0) is 0 Å². The van der Waals surface area contributed by atoms with Crippen LogP contribution in [0, 0.1) is 10.1 Å². The van der Waals surface area contributed by atoms with Gasteiger partial charge in [-0.15, -0.1) is 0 Å². The van der Waals surface area contributed by atoms with Gasteiger partial charge < -0.3 is 10.6 Å². The molecule has 0 spiro atoms. The van der Waals surface area contributed by atoms with Gasteiger partial charge >= 0.3 is 0 Å². The molecule has 1 aromatic carbocycles. The highest BCUT2D eigenvalue weighted by Crippen LogP contribution is 2.25. The molecular formula is C13H18N4O2S. The first-order chi connectivity index (χ1) is 9.49. The topological polar surface area (TPSA) is 75.6 Å². The van der Waals surface area contributed by atoms with Crippen LogP contribution >= 0.6 is 12.2 Å². The van der Waals surface area contributed by atoms with E-state index in [0.29, 0.717) is 4.99 Å². The Morgan fingerprint density at radius 2 is 2.05 bits per heavy atom. The molecule has 1 unspecified atom stereocenters. The number of likely N-dealkylation sites (N-methyl/N-ethyl adjacent to an activating group) is 1. The lowest BCUT2D eigenvalue weighted by Gasteiger charge is -2.37. The van der Waals surface area contributed by atoms with E-state index in [1.54, 1.807) is 12.1 Å². The fraction of sp³-hybridized carbons (Fsp3) is 0.462. The summed E-state index contributed by atoms with van der Waals surface area (Å²) >= 11 is 5.17. The highest BCUT2D eigenvalue weighted by atomic mass is 32.1. The number of non-ortho nitro benzene ring substituents is 1. The van der Waals surface area contributed by atoms with Crippen molar-refractivity contribution in [3.63, 3.8) is 0 Å². The van der Waals surface area contributed by atoms with E-state index in [1.165, 1.54) is 6.07 Å². The van der Waals surface area contributed by atoms with Gasteiger partial charge in [0.15, 0.2) is 0 Å². The van der Waals surface area contributed by atoms with E-state index in [4.69, 9.17) is 18.0 Å². The molecule has 1 aromatic rings. The third kappa shape index (κ3) is 3.30. The smallest absolute Gasteiger partial charge is 0.269 e. The fourth-order valence-electron chi connectivity index (χ4n) is 2.44. The maximum atomic E-state index is 10.9. The monoisotopic (exact) mass is 294 g/mol. The zero-order valence-corrected chi connectivity index (χ0v) is 12.2. The first-order valence-electron chi connectivity index (χ1n) is 6.45. The molecule has 2 rings (SSSR count). The Morgan fingerprint density at radius 1 is 1.40 bits per heavy atom. The molecule has 0 aromatic heterocycles. The van der Waals surface area contributed by atoms with E-state index in [1.807, 2.05) is 6.07 Å². The molecule has 1 saturated heterocycles. The highest BCUT2D eigenvalue weighted by Gasteiger charge is 2.26. The van der Waals surface area contributed by atoms with Crippen molar-refractivity contribution in [2.24, 2.45) is 5.73 Å². The Morgan fingerprint density at radius 3 is 2.60 bits per heavy atom. The zero-order chi connectivity index (χ0) is 14.7. The van der Waals surface area contributed by atoms with Crippen molar-refractivity contribution in [3.8, 4) is 0 Å². The number of hydrogen-bond donors (Lipinski definition) is 1. The van der Waals surface area contributed by atoms with Crippen LogP contribution in [0.3, 0.4) is 0 Å². The molecule has 1 aliphatic rings. The average Bonchev–Trinajstić information content (AvgIpc) is 2.41. The summed E-state index contributed by atoms with van der Waals surface area (Å²) in [6.07, 6.45) is 0. The molecule has 0 radical (unpaired) electrons. The molecule has 1 heterocycles. The summed E-state index contributed by atoms with van der Waals surface area (Å²) in [4.78, 5) is 15.3. The Balaban J connectivity index is 2.26. The molecule has 7 heteroatoms. The number of hydrogen-bond acceptors (Lipinski definition) is 5. The summed E-state index contributed by atoms with van der Waals surface area (Å²) in [5.74, 6) is 0. The number of nitrogens with two attached hydrogens (primary N) is 1. The van der Waals surface area contributed by atoms with Gasteiger partial charge in [0.2, 0.25) is 0 Å². The lowest BCUT2D eigenvalue weighted by atomic mass is 10.0. The molecular weight excluding hydrogens is 276 g/mol. The maximum absolute atomic E-state index is 10.9. The summed E-state index contributed by atoms with van der Waals surface area (Å²) in [5, 5.41) is 10.9. The molecule has 0 bridgehead atoms. The van der Waals surface area contributed by atoms with Crippen LogP contribution < -0.4 is 5.73 Å². The number of nitro benzene ring substituents is 1. The first kappa shape index (κ1) is 14.8. The molecule has 0 amide bonds. The second-order valence-electron chi connectivity index (χ2n) is 5.00. The van der Waals surface area contributed by atoms with Crippen molar-refractivity contribution >= 4 is 22.9 Å². The molecule has 2 N–H and O–H groups in total. The van der Waals surface area contributed by atoms with Crippen molar-refractivity contribution in [2.75, 3.05) is 33.2 Å². The quantitative estimate of drug-likeness (QED) is 0.510. The summed E-state index contributed by atoms with van der Waals surface area (Å²) in [7, 11) is 2.07. The van der Waals surface area contributed by atoms with Crippen molar-refractivity contribution < 1.29 is 4.92 Å². The van der Waals surface area contributed by atoms with Gasteiger partial charge in [0.05, 0.1) is 16.0 Å². The normalized spacial score (nSPS) is 18.6. The standard InChI is InChI=1S/C13H18N4O2S/c1-15-5-7-16(8-6-15)12(13(14)20)10-3-2-4-11(9-10)17(18)19/h2-4,9,12H,5-8H2,1H3,(H2,14,20). The first-order valence-corrected chi connectivity index (χ1v) is 6.86. The third-order valence-corrected chi connectivity index (χ3v) is 3.79. The van der Waals surface area contributed by atoms with Gasteiger partial charge in [-0.25, -0.2) is 0 Å². The number of rotatable bonds is 4. The van der Waals surface area contributed by atoms with Crippen LogP contribution in [0.4, 0.5) is 5.69 Å². The van der Waals surface area contributed by atoms with E-state index < -0.39 is 4.92 Å². The molecule has 1 fully saturated rings. The number of piperazine rings is 1. The maximum Gasteiger partial charge on any atom is 0.269 e. The molecule has 1 aliphatic heterocycles. The van der Waals surface area contributed by atoms with Gasteiger partial charge in [0.25, 0.3) is 5.69 Å². The second kappa shape index (κ2) is 6.25. The molecule has 0 saturated carbocycles.